The summed E-state index contributed by atoms with van der Waals surface area (Å²) in [6.45, 7) is 0. The summed E-state index contributed by atoms with van der Waals surface area (Å²) < 4.78 is 0. The SMILES string of the molecule is O=C1CCC(=O)[N-]1.[CH3-].[CH3-].[CH3-].[CH3-].[U]. The molecule has 0 aliphatic carbocycles. The van der Waals surface area contributed by atoms with Gasteiger partial charge in [0.2, 0.25) is 0 Å². The monoisotopic (exact) mass is 396 g/mol. The molecule has 0 bridgehead atoms. The molecule has 12 heavy (non-hydrogen) atoms. The molecule has 0 aromatic rings. The first kappa shape index (κ1) is 29.5. The summed E-state index contributed by atoms with van der Waals surface area (Å²) in [6.07, 6.45) is 0.637. The van der Waals surface area contributed by atoms with E-state index in [0.29, 0.717) is 12.8 Å². The molecule has 1 fully saturated rings. The normalized spacial score (nSPS) is 11.7. The van der Waals surface area contributed by atoms with Gasteiger partial charge in [0.25, 0.3) is 0 Å². The molecular formula is C8H16NO2U-5. The van der Waals surface area contributed by atoms with Gasteiger partial charge in [-0.05, 0) is 12.8 Å². The van der Waals surface area contributed by atoms with Crippen LogP contribution < -0.4 is 0 Å². The molecule has 1 aliphatic heterocycles. The number of carbonyl (C=O) groups is 2. The molecule has 0 saturated carbocycles. The van der Waals surface area contributed by atoms with Crippen LogP contribution in [0.4, 0.5) is 0 Å². The standard InChI is InChI=1S/C4H5NO2.4CH3.U/c6-3-1-2-4(7)5-3;;;;;/h1-2H2,(H,5,6,7);4*1H3;/q;4*-1;/p-1. The average molecular weight is 396 g/mol. The molecule has 0 aromatic heterocycles. The zero-order chi connectivity index (χ0) is 5.28. The van der Waals surface area contributed by atoms with E-state index in [4.69, 9.17) is 0 Å². The molecule has 0 N–H and O–H groups in total. The van der Waals surface area contributed by atoms with Crippen LogP contribution in [0.3, 0.4) is 0 Å². The summed E-state index contributed by atoms with van der Waals surface area (Å²) in [7, 11) is 0. The second-order valence-electron chi connectivity index (χ2n) is 1.40. The summed E-state index contributed by atoms with van der Waals surface area (Å²) in [5.74, 6) is -0.546. The van der Waals surface area contributed by atoms with Gasteiger partial charge in [-0.15, -0.1) is 0 Å². The number of hydrogen-bond acceptors (Lipinski definition) is 2. The summed E-state index contributed by atoms with van der Waals surface area (Å²) in [4.78, 5) is 20.1. The van der Waals surface area contributed by atoms with E-state index in [0.717, 1.165) is 0 Å². The number of carbonyl (C=O) groups excluding carboxylic acids is 2. The molecular weight excluding hydrogens is 380 g/mol. The maximum Gasteiger partial charge on any atom is 0.0568 e. The molecule has 0 unspecified atom stereocenters. The third-order valence-electron chi connectivity index (χ3n) is 0.802. The van der Waals surface area contributed by atoms with Crippen LogP contribution in [0.15, 0.2) is 0 Å². The van der Waals surface area contributed by atoms with Gasteiger partial charge in [0, 0.05) is 31.1 Å². The number of imide groups is 1. The molecule has 1 saturated heterocycles. The van der Waals surface area contributed by atoms with Gasteiger partial charge in [0.15, 0.2) is 0 Å². The van der Waals surface area contributed by atoms with Crippen LogP contribution in [0, 0.1) is 60.8 Å². The van der Waals surface area contributed by atoms with Gasteiger partial charge in [-0.1, -0.05) is 0 Å². The average Bonchev–Trinajstić information content (AvgIpc) is 1.87. The van der Waals surface area contributed by atoms with Crippen LogP contribution in [0.25, 0.3) is 5.32 Å². The Bertz CT molecular complexity index is 112. The molecule has 0 radical (unpaired) electrons. The summed E-state index contributed by atoms with van der Waals surface area (Å²) in [6, 6.07) is 0. The van der Waals surface area contributed by atoms with Gasteiger partial charge in [-0.2, -0.15) is 0 Å². The van der Waals surface area contributed by atoms with E-state index >= 15 is 0 Å². The summed E-state index contributed by atoms with van der Waals surface area (Å²) in [5.41, 5.74) is 0. The third kappa shape index (κ3) is 10.2. The zero-order valence-corrected chi connectivity index (χ0v) is 12.3. The second kappa shape index (κ2) is 13.8. The first-order valence-electron chi connectivity index (χ1n) is 2.06. The van der Waals surface area contributed by atoms with Crippen molar-refractivity contribution in [3.63, 3.8) is 0 Å². The van der Waals surface area contributed by atoms with Gasteiger partial charge in [0.1, 0.15) is 0 Å². The fourth-order valence-corrected chi connectivity index (χ4v) is 0.465. The van der Waals surface area contributed by atoms with Crippen molar-refractivity contribution in [2.24, 2.45) is 0 Å². The fraction of sp³-hybridized carbons (Fsp3) is 0.250. The summed E-state index contributed by atoms with van der Waals surface area (Å²) in [5, 5.41) is 3.11. The molecule has 1 heterocycles. The van der Waals surface area contributed by atoms with E-state index in [2.05, 4.69) is 5.32 Å². The Morgan fingerprint density at radius 2 is 1.08 bits per heavy atom. The topological polar surface area (TPSA) is 48.2 Å². The van der Waals surface area contributed by atoms with Gasteiger partial charge in [-0.3, -0.25) is 0 Å². The minimum absolute atomic E-state index is 0. The Hall–Kier alpha value is 0.192. The number of hydrogen-bond donors (Lipinski definition) is 0. The van der Waals surface area contributed by atoms with Crippen molar-refractivity contribution in [3.8, 4) is 0 Å². The van der Waals surface area contributed by atoms with Crippen LogP contribution >= 0.6 is 0 Å². The van der Waals surface area contributed by atoms with E-state index < -0.39 is 0 Å². The maximum atomic E-state index is 10.1. The Labute approximate surface area is 100 Å². The molecule has 0 aromatic carbocycles. The van der Waals surface area contributed by atoms with Crippen molar-refractivity contribution in [2.45, 2.75) is 12.8 Å². The van der Waals surface area contributed by atoms with Gasteiger partial charge >= 0.3 is 0 Å². The number of amides is 2. The molecule has 1 rings (SSSR count). The Kier molecular flexibility index (Phi) is 33.9. The van der Waals surface area contributed by atoms with Crippen LogP contribution in [0.1, 0.15) is 12.8 Å². The molecule has 0 spiro atoms. The number of nitrogens with zero attached hydrogens (tertiary/aromatic N) is 1. The Morgan fingerprint density at radius 1 is 0.833 bits per heavy atom. The maximum absolute atomic E-state index is 10.1. The zero-order valence-electron chi connectivity index (χ0n) is 8.18. The first-order chi connectivity index (χ1) is 3.29. The minimum atomic E-state index is -0.273. The molecule has 2 amide bonds. The van der Waals surface area contributed by atoms with Crippen LogP contribution in [0.5, 0.6) is 0 Å². The fourth-order valence-electron chi connectivity index (χ4n) is 0.465. The molecule has 3 nitrogen and oxygen atoms in total. The first-order valence-corrected chi connectivity index (χ1v) is 2.06. The van der Waals surface area contributed by atoms with E-state index in [-0.39, 0.29) is 72.6 Å². The third-order valence-corrected chi connectivity index (χ3v) is 0.802. The molecule has 74 valence electrons. The molecule has 1 aliphatic rings. The van der Waals surface area contributed by atoms with E-state index in [9.17, 15) is 9.59 Å². The van der Waals surface area contributed by atoms with Crippen LogP contribution in [-0.2, 0) is 9.59 Å². The van der Waals surface area contributed by atoms with Crippen molar-refractivity contribution >= 4 is 11.8 Å². The van der Waals surface area contributed by atoms with Crippen molar-refractivity contribution in [2.75, 3.05) is 0 Å². The van der Waals surface area contributed by atoms with Crippen molar-refractivity contribution in [3.05, 3.63) is 35.0 Å². The summed E-state index contributed by atoms with van der Waals surface area (Å²) >= 11 is 0. The molecule has 0 atom stereocenters. The van der Waals surface area contributed by atoms with Gasteiger partial charge in [0.05, 0.1) is 11.8 Å². The molecule has 4 heteroatoms. The van der Waals surface area contributed by atoms with E-state index in [1.165, 1.54) is 0 Å². The smallest absolute Gasteiger partial charge is 0.0568 e. The van der Waals surface area contributed by atoms with Crippen LogP contribution in [0.2, 0.25) is 0 Å². The van der Waals surface area contributed by atoms with Crippen molar-refractivity contribution in [1.82, 2.24) is 0 Å². The largest absolute Gasteiger partial charge is 0.596 e. The van der Waals surface area contributed by atoms with Crippen LogP contribution in [-0.4, -0.2) is 11.8 Å². The predicted molar refractivity (Wildman–Crippen MR) is 48.3 cm³/mol. The van der Waals surface area contributed by atoms with Crippen molar-refractivity contribution < 1.29 is 40.7 Å². The van der Waals surface area contributed by atoms with Gasteiger partial charge in [-0.25, -0.2) is 0 Å². The number of rotatable bonds is 0. The van der Waals surface area contributed by atoms with E-state index in [1.54, 1.807) is 0 Å². The quantitative estimate of drug-likeness (QED) is 0.465. The Balaban J connectivity index is -0.0000000327. The Morgan fingerprint density at radius 3 is 1.17 bits per heavy atom. The van der Waals surface area contributed by atoms with Gasteiger partial charge < -0.3 is 44.6 Å². The minimum Gasteiger partial charge on any atom is -0.596 e. The second-order valence-corrected chi connectivity index (χ2v) is 1.40. The van der Waals surface area contributed by atoms with E-state index in [1.807, 2.05) is 0 Å². The van der Waals surface area contributed by atoms with Crippen molar-refractivity contribution in [1.29, 1.82) is 0 Å². The predicted octanol–water partition coefficient (Wildman–Crippen LogP) is 2.01.